The lowest BCUT2D eigenvalue weighted by Crippen LogP contribution is -2.24. The minimum atomic E-state index is -0.0223. The van der Waals surface area contributed by atoms with Crippen LogP contribution in [0.2, 0.25) is 0 Å². The molecule has 1 nitrogen and oxygen atoms in total. The molecule has 0 radical (unpaired) electrons. The molecule has 148 valence electrons. The van der Waals surface area contributed by atoms with Crippen LogP contribution < -0.4 is 6.15 Å². The molecule has 0 fully saturated rings. The van der Waals surface area contributed by atoms with Crippen molar-refractivity contribution < 1.29 is 0 Å². The summed E-state index contributed by atoms with van der Waals surface area (Å²) in [4.78, 5) is -0.0223. The smallest absolute Gasteiger partial charge is 0.0418 e. The van der Waals surface area contributed by atoms with Gasteiger partial charge in [-0.15, -0.1) is 11.6 Å². The second kappa shape index (κ2) is 18.1. The normalized spacial score (nSPS) is 12.9. The summed E-state index contributed by atoms with van der Waals surface area (Å²) in [5.74, 6) is 0.704. The second-order valence-electron chi connectivity index (χ2n) is 8.08. The summed E-state index contributed by atoms with van der Waals surface area (Å²) in [6.45, 7) is 9.01. The highest BCUT2D eigenvalue weighted by Crippen LogP contribution is 2.33. The van der Waals surface area contributed by atoms with Crippen LogP contribution >= 0.6 is 11.6 Å². The van der Waals surface area contributed by atoms with Gasteiger partial charge in [-0.1, -0.05) is 104 Å². The van der Waals surface area contributed by atoms with Crippen LogP contribution in [0.25, 0.3) is 0 Å². The van der Waals surface area contributed by atoms with Crippen molar-refractivity contribution in [2.24, 2.45) is 5.92 Å². The maximum atomic E-state index is 6.63. The van der Waals surface area contributed by atoms with E-state index in [0.29, 0.717) is 5.92 Å². The van der Waals surface area contributed by atoms with Crippen LogP contribution in [0.5, 0.6) is 0 Å². The van der Waals surface area contributed by atoms with E-state index in [2.05, 4.69) is 27.7 Å². The SMILES string of the molecule is CCCCCCCCCCCCC(CCCCCC)C(C)(C)Cl.N. The molecule has 0 heterocycles. The van der Waals surface area contributed by atoms with E-state index in [1.807, 2.05) is 0 Å². The fraction of sp³-hybridized carbons (Fsp3) is 1.00. The quantitative estimate of drug-likeness (QED) is 0.203. The van der Waals surface area contributed by atoms with Crippen LogP contribution in [-0.4, -0.2) is 4.87 Å². The van der Waals surface area contributed by atoms with Crippen molar-refractivity contribution in [1.82, 2.24) is 6.15 Å². The minimum absolute atomic E-state index is 0. The highest BCUT2D eigenvalue weighted by Gasteiger charge is 2.25. The Morgan fingerprint density at radius 1 is 0.583 bits per heavy atom. The molecule has 0 aliphatic carbocycles. The van der Waals surface area contributed by atoms with Gasteiger partial charge in [-0.2, -0.15) is 0 Å². The van der Waals surface area contributed by atoms with Gasteiger partial charge < -0.3 is 6.15 Å². The number of alkyl halides is 1. The number of halogens is 1. The average Bonchev–Trinajstić information content (AvgIpc) is 2.50. The van der Waals surface area contributed by atoms with Gasteiger partial charge in [0.1, 0.15) is 0 Å². The Bertz CT molecular complexity index is 235. The number of rotatable bonds is 17. The maximum absolute atomic E-state index is 6.63. The standard InChI is InChI=1S/C22H45Cl.H3N/c1-5-7-9-11-12-13-14-15-16-18-20-21(22(3,4)23)19-17-10-8-6-2;/h21H,5-20H2,1-4H3;1H3. The van der Waals surface area contributed by atoms with Crippen molar-refractivity contribution in [1.29, 1.82) is 0 Å². The Kier molecular flexibility index (Phi) is 19.9. The summed E-state index contributed by atoms with van der Waals surface area (Å²) >= 11 is 6.63. The Balaban J connectivity index is 0. The van der Waals surface area contributed by atoms with Crippen LogP contribution in [-0.2, 0) is 0 Å². The summed E-state index contributed by atoms with van der Waals surface area (Å²) in [5.41, 5.74) is 0. The molecule has 0 aromatic carbocycles. The van der Waals surface area contributed by atoms with Crippen LogP contribution in [0.15, 0.2) is 0 Å². The van der Waals surface area contributed by atoms with E-state index >= 15 is 0 Å². The van der Waals surface area contributed by atoms with E-state index in [1.54, 1.807) is 0 Å². The predicted molar refractivity (Wildman–Crippen MR) is 114 cm³/mol. The molecule has 0 aromatic heterocycles. The molecule has 0 amide bonds. The summed E-state index contributed by atoms with van der Waals surface area (Å²) in [6.07, 6.45) is 22.4. The highest BCUT2D eigenvalue weighted by molar-refractivity contribution is 6.23. The molecule has 0 rings (SSSR count). The average molecular weight is 362 g/mol. The monoisotopic (exact) mass is 361 g/mol. The summed E-state index contributed by atoms with van der Waals surface area (Å²) < 4.78 is 0. The largest absolute Gasteiger partial charge is 0.344 e. The maximum Gasteiger partial charge on any atom is 0.0418 e. The molecule has 0 aliphatic rings. The first kappa shape index (κ1) is 26.5. The van der Waals surface area contributed by atoms with Gasteiger partial charge in [-0.25, -0.2) is 0 Å². The summed E-state index contributed by atoms with van der Waals surface area (Å²) in [6, 6.07) is 0. The third kappa shape index (κ3) is 17.1. The van der Waals surface area contributed by atoms with Crippen LogP contribution in [0.1, 0.15) is 130 Å². The molecular formula is C22H48ClN. The Hall–Kier alpha value is 0.250. The molecule has 0 saturated carbocycles. The predicted octanol–water partition coefficient (Wildman–Crippen LogP) is 9.06. The third-order valence-electron chi connectivity index (χ3n) is 5.28. The van der Waals surface area contributed by atoms with Crippen LogP contribution in [0, 0.1) is 5.92 Å². The van der Waals surface area contributed by atoms with E-state index < -0.39 is 0 Å². The van der Waals surface area contributed by atoms with Gasteiger partial charge in [0.15, 0.2) is 0 Å². The number of hydrogen-bond donors (Lipinski definition) is 1. The van der Waals surface area contributed by atoms with Crippen molar-refractivity contribution in [2.75, 3.05) is 0 Å². The molecule has 1 unspecified atom stereocenters. The molecule has 0 aliphatic heterocycles. The summed E-state index contributed by atoms with van der Waals surface area (Å²) in [5, 5.41) is 0. The minimum Gasteiger partial charge on any atom is -0.344 e. The lowest BCUT2D eigenvalue weighted by molar-refractivity contribution is 0.335. The van der Waals surface area contributed by atoms with Crippen LogP contribution in [0.4, 0.5) is 0 Å². The number of unbranched alkanes of at least 4 members (excludes halogenated alkanes) is 12. The van der Waals surface area contributed by atoms with Crippen molar-refractivity contribution >= 4 is 11.6 Å². The lowest BCUT2D eigenvalue weighted by atomic mass is 9.85. The zero-order valence-corrected chi connectivity index (χ0v) is 18.2. The van der Waals surface area contributed by atoms with Crippen molar-refractivity contribution in [3.8, 4) is 0 Å². The van der Waals surface area contributed by atoms with Gasteiger partial charge in [-0.3, -0.25) is 0 Å². The number of hydrogen-bond acceptors (Lipinski definition) is 1. The van der Waals surface area contributed by atoms with E-state index in [0.717, 1.165) is 0 Å². The van der Waals surface area contributed by atoms with Crippen LogP contribution in [0.3, 0.4) is 0 Å². The molecule has 0 aromatic rings. The van der Waals surface area contributed by atoms with E-state index in [1.165, 1.54) is 103 Å². The zero-order valence-electron chi connectivity index (χ0n) is 17.5. The fourth-order valence-electron chi connectivity index (χ4n) is 3.53. The Morgan fingerprint density at radius 2 is 0.875 bits per heavy atom. The molecule has 2 heteroatoms. The Morgan fingerprint density at radius 3 is 1.21 bits per heavy atom. The second-order valence-corrected chi connectivity index (χ2v) is 9.06. The molecule has 24 heavy (non-hydrogen) atoms. The van der Waals surface area contributed by atoms with Crippen molar-refractivity contribution in [3.63, 3.8) is 0 Å². The van der Waals surface area contributed by atoms with E-state index in [9.17, 15) is 0 Å². The van der Waals surface area contributed by atoms with Crippen molar-refractivity contribution in [2.45, 2.75) is 135 Å². The van der Waals surface area contributed by atoms with Crippen molar-refractivity contribution in [3.05, 3.63) is 0 Å². The fourth-order valence-corrected chi connectivity index (χ4v) is 3.74. The first-order valence-electron chi connectivity index (χ1n) is 10.7. The molecular weight excluding hydrogens is 314 g/mol. The molecule has 0 bridgehead atoms. The van der Waals surface area contributed by atoms with Gasteiger partial charge in [0.2, 0.25) is 0 Å². The third-order valence-corrected chi connectivity index (χ3v) is 5.59. The lowest BCUT2D eigenvalue weighted by Gasteiger charge is -2.28. The molecule has 3 N–H and O–H groups in total. The topological polar surface area (TPSA) is 35.0 Å². The van der Waals surface area contributed by atoms with Gasteiger partial charge >= 0.3 is 0 Å². The van der Waals surface area contributed by atoms with E-state index in [-0.39, 0.29) is 11.0 Å². The highest BCUT2D eigenvalue weighted by atomic mass is 35.5. The first-order valence-corrected chi connectivity index (χ1v) is 11.1. The Labute approximate surface area is 159 Å². The van der Waals surface area contributed by atoms with Gasteiger partial charge in [0.25, 0.3) is 0 Å². The molecule has 0 saturated heterocycles. The molecule has 0 spiro atoms. The van der Waals surface area contributed by atoms with E-state index in [4.69, 9.17) is 11.6 Å². The molecule has 1 atom stereocenters. The first-order chi connectivity index (χ1) is 11.0. The zero-order chi connectivity index (χ0) is 17.4. The van der Waals surface area contributed by atoms with Gasteiger partial charge in [0.05, 0.1) is 0 Å². The summed E-state index contributed by atoms with van der Waals surface area (Å²) in [7, 11) is 0. The van der Waals surface area contributed by atoms with Gasteiger partial charge in [-0.05, 0) is 32.6 Å². The van der Waals surface area contributed by atoms with Gasteiger partial charge in [0, 0.05) is 4.87 Å².